The Morgan fingerprint density at radius 2 is 1.73 bits per heavy atom. The lowest BCUT2D eigenvalue weighted by atomic mass is 9.95. The van der Waals surface area contributed by atoms with Gasteiger partial charge < -0.3 is 4.90 Å². The first-order valence-corrected chi connectivity index (χ1v) is 10.2. The molecule has 156 valence electrons. The number of imidazole rings is 1. The van der Waals surface area contributed by atoms with E-state index in [0.717, 1.165) is 24.1 Å². The molecule has 30 heavy (non-hydrogen) atoms. The molecule has 1 fully saturated rings. The van der Waals surface area contributed by atoms with Crippen LogP contribution in [0.1, 0.15) is 49.4 Å². The van der Waals surface area contributed by atoms with Crippen molar-refractivity contribution in [1.29, 1.82) is 0 Å². The summed E-state index contributed by atoms with van der Waals surface area (Å²) in [6, 6.07) is 7.64. The fraction of sp³-hybridized carbons (Fsp3) is 0.348. The van der Waals surface area contributed by atoms with Crippen LogP contribution in [0, 0.1) is 0 Å². The third-order valence-electron chi connectivity index (χ3n) is 5.25. The standard InChI is InChI=1S/C16H20N4O.C7H7NO/c1-19(14-7-3-2-4-8-14)16(21)20-11-15(18-12-20)13-6-5-9-17-10-13;1-6(9)7-3-2-4-8-5-7/h5-6,9-12,14H,2-4,7-8H2,1H3;2-5H,1H3. The highest BCUT2D eigenvalue weighted by Gasteiger charge is 2.23. The van der Waals surface area contributed by atoms with Crippen molar-refractivity contribution < 1.29 is 9.59 Å². The lowest BCUT2D eigenvalue weighted by molar-refractivity contribution is 0.101. The number of ketones is 1. The van der Waals surface area contributed by atoms with E-state index >= 15 is 0 Å². The van der Waals surface area contributed by atoms with Crippen LogP contribution in [-0.4, -0.2) is 49.3 Å². The van der Waals surface area contributed by atoms with E-state index in [1.54, 1.807) is 54.0 Å². The van der Waals surface area contributed by atoms with Gasteiger partial charge in [-0.25, -0.2) is 9.78 Å². The second kappa shape index (κ2) is 10.4. The number of nitrogens with zero attached hydrogens (tertiary/aromatic N) is 5. The highest BCUT2D eigenvalue weighted by molar-refractivity contribution is 5.93. The second-order valence-corrected chi connectivity index (χ2v) is 7.39. The molecule has 1 saturated carbocycles. The summed E-state index contributed by atoms with van der Waals surface area (Å²) in [6.45, 7) is 1.52. The molecule has 0 bridgehead atoms. The van der Waals surface area contributed by atoms with Crippen LogP contribution in [0.15, 0.2) is 61.6 Å². The van der Waals surface area contributed by atoms with E-state index in [1.165, 1.54) is 26.2 Å². The van der Waals surface area contributed by atoms with Crippen molar-refractivity contribution in [3.63, 3.8) is 0 Å². The summed E-state index contributed by atoms with van der Waals surface area (Å²) in [7, 11) is 1.89. The van der Waals surface area contributed by atoms with Gasteiger partial charge in [-0.05, 0) is 44.0 Å². The summed E-state index contributed by atoms with van der Waals surface area (Å²) in [4.78, 5) is 37.2. The molecule has 3 heterocycles. The van der Waals surface area contributed by atoms with Gasteiger partial charge in [0, 0.05) is 55.2 Å². The van der Waals surface area contributed by atoms with Gasteiger partial charge in [0.05, 0.1) is 5.69 Å². The summed E-state index contributed by atoms with van der Waals surface area (Å²) in [5.41, 5.74) is 2.36. The summed E-state index contributed by atoms with van der Waals surface area (Å²) < 4.78 is 1.57. The maximum atomic E-state index is 12.5. The SMILES string of the molecule is CC(=O)c1cccnc1.CN(C(=O)n1cnc(-c2cccnc2)c1)C1CCCCC1. The Balaban J connectivity index is 0.000000239. The fourth-order valence-corrected chi connectivity index (χ4v) is 3.47. The molecular formula is C23H27N5O2. The monoisotopic (exact) mass is 405 g/mol. The van der Waals surface area contributed by atoms with Gasteiger partial charge in [-0.1, -0.05) is 19.3 Å². The first-order valence-electron chi connectivity index (χ1n) is 10.2. The topological polar surface area (TPSA) is 81.0 Å². The average Bonchev–Trinajstić information content (AvgIpc) is 3.31. The maximum Gasteiger partial charge on any atom is 0.329 e. The molecule has 0 radical (unpaired) electrons. The minimum atomic E-state index is -0.00968. The van der Waals surface area contributed by atoms with Gasteiger partial charge in [-0.15, -0.1) is 0 Å². The number of rotatable bonds is 3. The molecule has 3 aromatic rings. The quantitative estimate of drug-likeness (QED) is 0.601. The minimum absolute atomic E-state index is 0.00968. The Labute approximate surface area is 176 Å². The first-order chi connectivity index (χ1) is 14.6. The van der Waals surface area contributed by atoms with Gasteiger partial charge in [0.15, 0.2) is 5.78 Å². The lowest BCUT2D eigenvalue weighted by Crippen LogP contribution is -2.40. The van der Waals surface area contributed by atoms with Crippen LogP contribution in [0.2, 0.25) is 0 Å². The molecule has 0 spiro atoms. The van der Waals surface area contributed by atoms with Crippen molar-refractivity contribution in [2.75, 3.05) is 7.05 Å². The Morgan fingerprint density at radius 3 is 2.30 bits per heavy atom. The zero-order valence-corrected chi connectivity index (χ0v) is 17.4. The van der Waals surface area contributed by atoms with Gasteiger partial charge in [0.25, 0.3) is 0 Å². The molecule has 0 unspecified atom stereocenters. The number of pyridine rings is 2. The van der Waals surface area contributed by atoms with E-state index in [2.05, 4.69) is 15.0 Å². The molecule has 4 rings (SSSR count). The highest BCUT2D eigenvalue weighted by atomic mass is 16.2. The van der Waals surface area contributed by atoms with Crippen LogP contribution in [0.5, 0.6) is 0 Å². The molecule has 7 nitrogen and oxygen atoms in total. The van der Waals surface area contributed by atoms with Gasteiger partial charge in [-0.2, -0.15) is 0 Å². The molecular weight excluding hydrogens is 378 g/mol. The highest BCUT2D eigenvalue weighted by Crippen LogP contribution is 2.22. The molecule has 0 saturated heterocycles. The smallest absolute Gasteiger partial charge is 0.324 e. The lowest BCUT2D eigenvalue weighted by Gasteiger charge is -2.31. The maximum absolute atomic E-state index is 12.5. The van der Waals surface area contributed by atoms with Gasteiger partial charge in [0.1, 0.15) is 6.33 Å². The number of carbonyl (C=O) groups is 2. The predicted molar refractivity (Wildman–Crippen MR) is 115 cm³/mol. The van der Waals surface area contributed by atoms with E-state index in [1.807, 2.05) is 24.1 Å². The molecule has 3 aromatic heterocycles. The summed E-state index contributed by atoms with van der Waals surface area (Å²) in [6.07, 6.45) is 16.0. The van der Waals surface area contributed by atoms with Crippen molar-refractivity contribution in [2.45, 2.75) is 45.1 Å². The van der Waals surface area contributed by atoms with Crippen molar-refractivity contribution in [3.05, 3.63) is 67.1 Å². The second-order valence-electron chi connectivity index (χ2n) is 7.39. The zero-order chi connectivity index (χ0) is 21.3. The largest absolute Gasteiger partial charge is 0.329 e. The number of amides is 1. The Hall–Kier alpha value is -3.35. The third-order valence-corrected chi connectivity index (χ3v) is 5.25. The van der Waals surface area contributed by atoms with Crippen LogP contribution >= 0.6 is 0 Å². The van der Waals surface area contributed by atoms with E-state index in [4.69, 9.17) is 0 Å². The normalized spacial score (nSPS) is 13.8. The minimum Gasteiger partial charge on any atom is -0.324 e. The van der Waals surface area contributed by atoms with Crippen molar-refractivity contribution >= 4 is 11.8 Å². The van der Waals surface area contributed by atoms with Crippen LogP contribution in [-0.2, 0) is 0 Å². The van der Waals surface area contributed by atoms with Crippen LogP contribution in [0.25, 0.3) is 11.3 Å². The number of hydrogen-bond donors (Lipinski definition) is 0. The average molecular weight is 406 g/mol. The summed E-state index contributed by atoms with van der Waals surface area (Å²) in [5, 5.41) is 0. The molecule has 7 heteroatoms. The summed E-state index contributed by atoms with van der Waals surface area (Å²) in [5.74, 6) is 0.0584. The number of Topliss-reactive ketones (excluding diaryl/α,β-unsaturated/α-hetero) is 1. The van der Waals surface area contributed by atoms with Crippen LogP contribution in [0.4, 0.5) is 4.79 Å². The van der Waals surface area contributed by atoms with Gasteiger partial charge >= 0.3 is 6.03 Å². The van der Waals surface area contributed by atoms with Crippen molar-refractivity contribution in [1.82, 2.24) is 24.4 Å². The number of aromatic nitrogens is 4. The molecule has 1 aliphatic rings. The van der Waals surface area contributed by atoms with E-state index in [-0.39, 0.29) is 11.8 Å². The third kappa shape index (κ3) is 5.59. The van der Waals surface area contributed by atoms with Crippen LogP contribution in [0.3, 0.4) is 0 Å². The fourth-order valence-electron chi connectivity index (χ4n) is 3.47. The Kier molecular flexibility index (Phi) is 7.43. The molecule has 0 N–H and O–H groups in total. The van der Waals surface area contributed by atoms with Crippen molar-refractivity contribution in [3.8, 4) is 11.3 Å². The van der Waals surface area contributed by atoms with E-state index in [9.17, 15) is 9.59 Å². The van der Waals surface area contributed by atoms with E-state index < -0.39 is 0 Å². The predicted octanol–water partition coefficient (Wildman–Crippen LogP) is 4.46. The van der Waals surface area contributed by atoms with Crippen LogP contribution < -0.4 is 0 Å². The van der Waals surface area contributed by atoms with Gasteiger partial charge in [-0.3, -0.25) is 19.3 Å². The van der Waals surface area contributed by atoms with E-state index in [0.29, 0.717) is 11.6 Å². The Bertz CT molecular complexity index is 950. The molecule has 0 atom stereocenters. The first kappa shape index (κ1) is 21.4. The van der Waals surface area contributed by atoms with Gasteiger partial charge in [0.2, 0.25) is 0 Å². The summed E-state index contributed by atoms with van der Waals surface area (Å²) >= 11 is 0. The number of carbonyl (C=O) groups excluding carboxylic acids is 2. The molecule has 1 amide bonds. The number of hydrogen-bond acceptors (Lipinski definition) is 5. The molecule has 1 aliphatic carbocycles. The zero-order valence-electron chi connectivity index (χ0n) is 17.4. The molecule has 0 aromatic carbocycles. The Morgan fingerprint density at radius 1 is 1.03 bits per heavy atom. The molecule has 0 aliphatic heterocycles. The van der Waals surface area contributed by atoms with Crippen molar-refractivity contribution in [2.24, 2.45) is 0 Å².